The van der Waals surface area contributed by atoms with Gasteiger partial charge in [0.25, 0.3) is 5.91 Å². The fraction of sp³-hybridized carbons (Fsp3) is 0.556. The van der Waals surface area contributed by atoms with Gasteiger partial charge in [-0.05, 0) is 31.0 Å². The molecule has 0 radical (unpaired) electrons. The van der Waals surface area contributed by atoms with Gasteiger partial charge < -0.3 is 16.0 Å². The fourth-order valence-corrected chi connectivity index (χ4v) is 2.20. The van der Waals surface area contributed by atoms with Crippen molar-refractivity contribution in [2.45, 2.75) is 39.7 Å². The van der Waals surface area contributed by atoms with E-state index in [0.29, 0.717) is 12.1 Å². The number of amides is 2. The van der Waals surface area contributed by atoms with Crippen LogP contribution in [-0.4, -0.2) is 37.5 Å². The first-order valence-corrected chi connectivity index (χ1v) is 8.44. The molecule has 0 saturated heterocycles. The van der Waals surface area contributed by atoms with Crippen LogP contribution in [0.5, 0.6) is 0 Å². The number of hydrogen-bond acceptors (Lipinski definition) is 3. The largest absolute Gasteiger partial charge is 0.353 e. The lowest BCUT2D eigenvalue weighted by molar-refractivity contribution is -0.124. The number of benzene rings is 1. The molecule has 2 unspecified atom stereocenters. The van der Waals surface area contributed by atoms with E-state index in [-0.39, 0.29) is 30.1 Å². The lowest BCUT2D eigenvalue weighted by Crippen LogP contribution is -2.51. The fourth-order valence-electron chi connectivity index (χ4n) is 2.20. The highest BCUT2D eigenvalue weighted by Crippen LogP contribution is 2.09. The quantitative estimate of drug-likeness (QED) is 0.564. The van der Waals surface area contributed by atoms with E-state index < -0.39 is 6.04 Å². The minimum absolute atomic E-state index is 0. The Kier molecular flexibility index (Phi) is 11.9. The van der Waals surface area contributed by atoms with E-state index >= 15 is 0 Å². The van der Waals surface area contributed by atoms with Gasteiger partial charge in [0.1, 0.15) is 6.04 Å². The maximum atomic E-state index is 12.4. The first-order valence-electron chi connectivity index (χ1n) is 8.44. The average molecular weight is 356 g/mol. The molecule has 6 heteroatoms. The highest BCUT2D eigenvalue weighted by atomic mass is 35.5. The summed E-state index contributed by atoms with van der Waals surface area (Å²) in [5.74, 6) is -0.261. The molecule has 24 heavy (non-hydrogen) atoms. The molecular weight excluding hydrogens is 326 g/mol. The molecule has 1 aromatic rings. The van der Waals surface area contributed by atoms with Crippen LogP contribution in [0.15, 0.2) is 30.3 Å². The SMILES string of the molecule is CCCNCCNC(=O)C(NC(=O)c1ccccc1)C(C)CC.Cl. The van der Waals surface area contributed by atoms with Gasteiger partial charge in [0.15, 0.2) is 0 Å². The summed E-state index contributed by atoms with van der Waals surface area (Å²) in [5, 5.41) is 9.00. The van der Waals surface area contributed by atoms with E-state index in [0.717, 1.165) is 25.9 Å². The number of carbonyl (C=O) groups excluding carboxylic acids is 2. The van der Waals surface area contributed by atoms with Crippen LogP contribution in [0.3, 0.4) is 0 Å². The predicted octanol–water partition coefficient (Wildman–Crippen LogP) is 2.37. The van der Waals surface area contributed by atoms with Crippen molar-refractivity contribution in [2.24, 2.45) is 5.92 Å². The third-order valence-electron chi connectivity index (χ3n) is 3.85. The molecule has 0 aromatic heterocycles. The Morgan fingerprint density at radius 3 is 2.29 bits per heavy atom. The molecular formula is C18H30ClN3O2. The number of hydrogen-bond donors (Lipinski definition) is 3. The third kappa shape index (κ3) is 7.79. The van der Waals surface area contributed by atoms with Gasteiger partial charge in [0.2, 0.25) is 5.91 Å². The van der Waals surface area contributed by atoms with Crippen LogP contribution >= 0.6 is 12.4 Å². The molecule has 136 valence electrons. The normalized spacial score (nSPS) is 12.6. The Morgan fingerprint density at radius 1 is 1.04 bits per heavy atom. The first-order chi connectivity index (χ1) is 11.1. The summed E-state index contributed by atoms with van der Waals surface area (Å²) in [6.07, 6.45) is 1.89. The molecule has 1 aromatic carbocycles. The third-order valence-corrected chi connectivity index (χ3v) is 3.85. The predicted molar refractivity (Wildman–Crippen MR) is 101 cm³/mol. The van der Waals surface area contributed by atoms with E-state index in [1.165, 1.54) is 0 Å². The van der Waals surface area contributed by atoms with Crippen LogP contribution in [0, 0.1) is 5.92 Å². The summed E-state index contributed by atoms with van der Waals surface area (Å²) in [5.41, 5.74) is 0.568. The zero-order valence-electron chi connectivity index (χ0n) is 14.8. The zero-order chi connectivity index (χ0) is 17.1. The summed E-state index contributed by atoms with van der Waals surface area (Å²) < 4.78 is 0. The molecule has 0 saturated carbocycles. The Balaban J connectivity index is 0.00000529. The van der Waals surface area contributed by atoms with Crippen molar-refractivity contribution in [3.8, 4) is 0 Å². The Labute approximate surface area is 151 Å². The van der Waals surface area contributed by atoms with E-state index in [1.54, 1.807) is 12.1 Å². The van der Waals surface area contributed by atoms with Crippen molar-refractivity contribution >= 4 is 24.2 Å². The van der Waals surface area contributed by atoms with E-state index in [9.17, 15) is 9.59 Å². The highest BCUT2D eigenvalue weighted by molar-refractivity contribution is 5.97. The summed E-state index contributed by atoms with van der Waals surface area (Å²) in [4.78, 5) is 24.7. The Morgan fingerprint density at radius 2 is 1.71 bits per heavy atom. The Bertz CT molecular complexity index is 482. The minimum atomic E-state index is -0.515. The Hall–Kier alpha value is -1.59. The minimum Gasteiger partial charge on any atom is -0.353 e. The standard InChI is InChI=1S/C18H29N3O2.ClH/c1-4-11-19-12-13-20-18(23)16(14(3)5-2)21-17(22)15-9-7-6-8-10-15;/h6-10,14,16,19H,4-5,11-13H2,1-3H3,(H,20,23)(H,21,22);1H. The molecule has 0 heterocycles. The molecule has 2 amide bonds. The second kappa shape index (κ2) is 12.8. The molecule has 0 aliphatic rings. The molecule has 0 bridgehead atoms. The van der Waals surface area contributed by atoms with E-state index in [2.05, 4.69) is 22.9 Å². The summed E-state index contributed by atoms with van der Waals surface area (Å²) in [6, 6.07) is 8.46. The zero-order valence-corrected chi connectivity index (χ0v) is 15.6. The second-order valence-electron chi connectivity index (χ2n) is 5.74. The highest BCUT2D eigenvalue weighted by Gasteiger charge is 2.25. The molecule has 2 atom stereocenters. The molecule has 3 N–H and O–H groups in total. The van der Waals surface area contributed by atoms with Crippen LogP contribution in [0.4, 0.5) is 0 Å². The van der Waals surface area contributed by atoms with Crippen molar-refractivity contribution in [3.63, 3.8) is 0 Å². The van der Waals surface area contributed by atoms with Crippen molar-refractivity contribution in [2.75, 3.05) is 19.6 Å². The molecule has 5 nitrogen and oxygen atoms in total. The number of carbonyl (C=O) groups is 2. The smallest absolute Gasteiger partial charge is 0.251 e. The maximum Gasteiger partial charge on any atom is 0.251 e. The molecule has 0 fully saturated rings. The van der Waals surface area contributed by atoms with Crippen LogP contribution in [0.1, 0.15) is 44.0 Å². The summed E-state index contributed by atoms with van der Waals surface area (Å²) in [6.45, 7) is 8.33. The number of rotatable bonds is 10. The van der Waals surface area contributed by atoms with Gasteiger partial charge in [0.05, 0.1) is 0 Å². The van der Waals surface area contributed by atoms with Gasteiger partial charge in [-0.15, -0.1) is 12.4 Å². The topological polar surface area (TPSA) is 70.2 Å². The lowest BCUT2D eigenvalue weighted by Gasteiger charge is -2.23. The van der Waals surface area contributed by atoms with Gasteiger partial charge >= 0.3 is 0 Å². The van der Waals surface area contributed by atoms with Crippen molar-refractivity contribution < 1.29 is 9.59 Å². The van der Waals surface area contributed by atoms with Crippen LogP contribution in [0.2, 0.25) is 0 Å². The van der Waals surface area contributed by atoms with Crippen LogP contribution in [0.25, 0.3) is 0 Å². The maximum absolute atomic E-state index is 12.4. The monoisotopic (exact) mass is 355 g/mol. The van der Waals surface area contributed by atoms with Gasteiger partial charge in [-0.2, -0.15) is 0 Å². The molecule has 0 spiro atoms. The van der Waals surface area contributed by atoms with Crippen molar-refractivity contribution in [1.82, 2.24) is 16.0 Å². The summed E-state index contributed by atoms with van der Waals surface area (Å²) >= 11 is 0. The second-order valence-corrected chi connectivity index (χ2v) is 5.74. The molecule has 0 aliphatic carbocycles. The van der Waals surface area contributed by atoms with Gasteiger partial charge in [-0.25, -0.2) is 0 Å². The molecule has 0 aliphatic heterocycles. The van der Waals surface area contributed by atoms with Crippen molar-refractivity contribution in [3.05, 3.63) is 35.9 Å². The van der Waals surface area contributed by atoms with Crippen LogP contribution < -0.4 is 16.0 Å². The molecule has 1 rings (SSSR count). The summed E-state index contributed by atoms with van der Waals surface area (Å²) in [7, 11) is 0. The average Bonchev–Trinajstić information content (AvgIpc) is 2.59. The van der Waals surface area contributed by atoms with Crippen LogP contribution in [-0.2, 0) is 4.79 Å². The number of nitrogens with one attached hydrogen (secondary N) is 3. The van der Waals surface area contributed by atoms with E-state index in [1.807, 2.05) is 32.0 Å². The van der Waals surface area contributed by atoms with Gasteiger partial charge in [0, 0.05) is 18.7 Å². The lowest BCUT2D eigenvalue weighted by atomic mass is 9.98. The first kappa shape index (κ1) is 22.4. The van der Waals surface area contributed by atoms with Crippen molar-refractivity contribution in [1.29, 1.82) is 0 Å². The van der Waals surface area contributed by atoms with Gasteiger partial charge in [-0.1, -0.05) is 45.4 Å². The van der Waals surface area contributed by atoms with Gasteiger partial charge in [-0.3, -0.25) is 9.59 Å². The number of halogens is 1. The van der Waals surface area contributed by atoms with E-state index in [4.69, 9.17) is 0 Å².